The van der Waals surface area contributed by atoms with Gasteiger partial charge in [0.2, 0.25) is 0 Å². The minimum Gasteiger partial charge on any atom is -0.459 e. The highest BCUT2D eigenvalue weighted by Crippen LogP contribution is 2.54. The third-order valence-corrected chi connectivity index (χ3v) is 9.98. The van der Waals surface area contributed by atoms with Gasteiger partial charge in [0, 0.05) is 63.4 Å². The molecule has 15 heteroatoms. The number of hydrogen-bond acceptors (Lipinski definition) is 15. The van der Waals surface area contributed by atoms with Crippen molar-refractivity contribution >= 4 is 35.8 Å². The van der Waals surface area contributed by atoms with Crippen molar-refractivity contribution in [3.63, 3.8) is 0 Å². The van der Waals surface area contributed by atoms with Gasteiger partial charge in [-0.2, -0.15) is 0 Å². The summed E-state index contributed by atoms with van der Waals surface area (Å²) in [7, 11) is 0. The first-order chi connectivity index (χ1) is 26.1. The van der Waals surface area contributed by atoms with Crippen LogP contribution in [0.4, 0.5) is 0 Å². The molecular weight excluding hydrogens is 730 g/mol. The van der Waals surface area contributed by atoms with Crippen LogP contribution in [0.25, 0.3) is 0 Å². The molecule has 4 rings (SSSR count). The molecule has 2 N–H and O–H groups in total. The minimum absolute atomic E-state index is 0.0402. The van der Waals surface area contributed by atoms with Gasteiger partial charge in [-0.25, -0.2) is 9.59 Å². The van der Waals surface area contributed by atoms with Crippen LogP contribution in [0.2, 0.25) is 0 Å². The van der Waals surface area contributed by atoms with Gasteiger partial charge >= 0.3 is 35.8 Å². The van der Waals surface area contributed by atoms with E-state index in [1.807, 2.05) is 0 Å². The highest BCUT2D eigenvalue weighted by molar-refractivity contribution is 5.90. The molecule has 302 valence electrons. The highest BCUT2D eigenvalue weighted by atomic mass is 16.6. The average Bonchev–Trinajstić information content (AvgIpc) is 3.33. The Labute approximate surface area is 325 Å². The lowest BCUT2D eigenvalue weighted by atomic mass is 9.71. The van der Waals surface area contributed by atoms with Crippen LogP contribution in [0.3, 0.4) is 0 Å². The maximum atomic E-state index is 13.8. The molecule has 1 fully saturated rings. The van der Waals surface area contributed by atoms with Crippen molar-refractivity contribution in [3.05, 3.63) is 90.3 Å². The summed E-state index contributed by atoms with van der Waals surface area (Å²) >= 11 is 0. The summed E-state index contributed by atoms with van der Waals surface area (Å²) < 4.78 is 35.3. The molecule has 2 aliphatic rings. The Morgan fingerprint density at radius 2 is 1.29 bits per heavy atom. The molecule has 2 aromatic rings. The van der Waals surface area contributed by atoms with Crippen molar-refractivity contribution in [2.45, 2.75) is 110 Å². The largest absolute Gasteiger partial charge is 0.459 e. The quantitative estimate of drug-likeness (QED) is 0.221. The zero-order chi connectivity index (χ0) is 41.7. The van der Waals surface area contributed by atoms with E-state index in [2.05, 4.69) is 11.6 Å². The third kappa shape index (κ3) is 9.51. The number of aromatic nitrogens is 1. The number of aliphatic hydroxyl groups is 2. The summed E-state index contributed by atoms with van der Waals surface area (Å²) in [5, 5.41) is 25.4. The maximum Gasteiger partial charge on any atom is 0.340 e. The van der Waals surface area contributed by atoms with Crippen LogP contribution in [-0.4, -0.2) is 98.8 Å². The van der Waals surface area contributed by atoms with Gasteiger partial charge in [-0.3, -0.25) is 24.2 Å². The number of nitrogens with zero attached hydrogens (tertiary/aromatic N) is 1. The molecule has 1 aromatic heterocycles. The van der Waals surface area contributed by atoms with Crippen LogP contribution < -0.4 is 0 Å². The minimum atomic E-state index is -2.38. The number of ether oxygens (including phenoxy) is 6. The standard InChI is InChI=1S/C41H49NO14/c1-22-17-18-39(7,8)36(55-38(49)29-16-13-19-42-20-29)31(47)33(52-25(4)44)23(2)32(51-24(3)43)30-35(54-37(48)28-14-11-10-12-15-28)40(9,56-27(6)46)21-41(30,50)34(22)53-26(5)45/h10-20,22,30-36,47,50H,2,21H2,1,3-9H3/b18-17+/t22-,30-,31+,32-,33-,34-,35+,36+,40+,41+/m1/s1. The molecule has 1 saturated carbocycles. The molecule has 15 nitrogen and oxygen atoms in total. The maximum absolute atomic E-state index is 13.8. The topological polar surface area (TPSA) is 211 Å². The smallest absolute Gasteiger partial charge is 0.340 e. The van der Waals surface area contributed by atoms with Gasteiger partial charge in [-0.15, -0.1) is 0 Å². The lowest BCUT2D eigenvalue weighted by Crippen LogP contribution is -2.59. The first kappa shape index (κ1) is 43.3. The summed E-state index contributed by atoms with van der Waals surface area (Å²) in [6.45, 7) is 14.7. The number of aliphatic hydroxyl groups excluding tert-OH is 1. The lowest BCUT2D eigenvalue weighted by Gasteiger charge is -2.45. The van der Waals surface area contributed by atoms with Crippen molar-refractivity contribution in [1.29, 1.82) is 0 Å². The molecule has 0 amide bonds. The second-order valence-corrected chi connectivity index (χ2v) is 15.1. The van der Waals surface area contributed by atoms with Crippen LogP contribution in [0.5, 0.6) is 0 Å². The van der Waals surface area contributed by atoms with Crippen molar-refractivity contribution in [1.82, 2.24) is 4.98 Å². The number of carbonyl (C=O) groups is 6. The fourth-order valence-corrected chi connectivity index (χ4v) is 7.70. The average molecular weight is 780 g/mol. The number of hydrogen-bond donors (Lipinski definition) is 2. The van der Waals surface area contributed by atoms with Crippen molar-refractivity contribution in [3.8, 4) is 0 Å². The van der Waals surface area contributed by atoms with Crippen LogP contribution in [0, 0.1) is 17.3 Å². The van der Waals surface area contributed by atoms with Gasteiger partial charge in [0.1, 0.15) is 35.6 Å². The Bertz CT molecular complexity index is 1840. The first-order valence-corrected chi connectivity index (χ1v) is 18.0. The predicted molar refractivity (Wildman–Crippen MR) is 196 cm³/mol. The van der Waals surface area contributed by atoms with Crippen molar-refractivity contribution in [2.75, 3.05) is 0 Å². The Balaban J connectivity index is 2.06. The predicted octanol–water partition coefficient (Wildman–Crippen LogP) is 3.85. The van der Waals surface area contributed by atoms with E-state index in [0.717, 1.165) is 27.7 Å². The monoisotopic (exact) mass is 779 g/mol. The molecule has 0 radical (unpaired) electrons. The molecule has 2 aliphatic carbocycles. The number of esters is 6. The summed E-state index contributed by atoms with van der Waals surface area (Å²) in [5.74, 6) is -7.97. The van der Waals surface area contributed by atoms with E-state index in [1.54, 1.807) is 51.1 Å². The summed E-state index contributed by atoms with van der Waals surface area (Å²) in [6.07, 6.45) is -5.06. The Morgan fingerprint density at radius 1 is 0.732 bits per heavy atom. The molecule has 0 saturated heterocycles. The number of pyridine rings is 1. The van der Waals surface area contributed by atoms with E-state index < -0.39 is 107 Å². The Morgan fingerprint density at radius 3 is 1.84 bits per heavy atom. The van der Waals surface area contributed by atoms with E-state index in [1.165, 1.54) is 43.6 Å². The van der Waals surface area contributed by atoms with Gasteiger partial charge in [0.05, 0.1) is 17.0 Å². The van der Waals surface area contributed by atoms with Crippen LogP contribution in [0.1, 0.15) is 82.5 Å². The van der Waals surface area contributed by atoms with E-state index in [0.29, 0.717) is 0 Å². The van der Waals surface area contributed by atoms with Gasteiger partial charge in [0.15, 0.2) is 12.2 Å². The van der Waals surface area contributed by atoms with E-state index in [9.17, 15) is 39.0 Å². The Hall–Kier alpha value is -5.41. The second-order valence-electron chi connectivity index (χ2n) is 15.1. The molecule has 0 spiro atoms. The molecule has 1 aromatic carbocycles. The van der Waals surface area contributed by atoms with Crippen LogP contribution in [-0.2, 0) is 47.6 Å². The summed E-state index contributed by atoms with van der Waals surface area (Å²) in [5.41, 5.74) is -5.82. The number of rotatable bonds is 8. The zero-order valence-electron chi connectivity index (χ0n) is 32.6. The SMILES string of the molecule is C=C1[C@@H](OC(C)=O)[C@H](O)[C@H](OC(=O)c2cccnc2)C(C)(C)/C=C/[C@@H](C)[C@@H](OC(C)=O)[C@]2(O)C[C@](C)(OC(C)=O)[C@@H](OC(=O)c3ccccc3)[C@H]2[C@@H]1OC(C)=O. The van der Waals surface area contributed by atoms with Crippen molar-refractivity contribution in [2.24, 2.45) is 17.3 Å². The van der Waals surface area contributed by atoms with E-state index in [4.69, 9.17) is 28.4 Å². The Kier molecular flexibility index (Phi) is 13.3. The second kappa shape index (κ2) is 17.2. The van der Waals surface area contributed by atoms with Crippen LogP contribution >= 0.6 is 0 Å². The van der Waals surface area contributed by atoms with Gasteiger partial charge in [0.25, 0.3) is 0 Å². The molecule has 0 unspecified atom stereocenters. The number of carbonyl (C=O) groups excluding carboxylic acids is 6. The molecule has 0 bridgehead atoms. The van der Waals surface area contributed by atoms with Gasteiger partial charge < -0.3 is 38.6 Å². The van der Waals surface area contributed by atoms with E-state index >= 15 is 0 Å². The molecule has 56 heavy (non-hydrogen) atoms. The van der Waals surface area contributed by atoms with Crippen molar-refractivity contribution < 1.29 is 67.4 Å². The zero-order valence-corrected chi connectivity index (χ0v) is 32.6. The lowest BCUT2D eigenvalue weighted by molar-refractivity contribution is -0.193. The van der Waals surface area contributed by atoms with Crippen LogP contribution in [0.15, 0.2) is 79.2 Å². The number of fused-ring (bicyclic) bond motifs is 1. The first-order valence-electron chi connectivity index (χ1n) is 18.0. The fourth-order valence-electron chi connectivity index (χ4n) is 7.70. The molecule has 1 heterocycles. The summed E-state index contributed by atoms with van der Waals surface area (Å²) in [6, 6.07) is 10.7. The van der Waals surface area contributed by atoms with E-state index in [-0.39, 0.29) is 16.7 Å². The molecule has 0 aliphatic heterocycles. The normalized spacial score (nSPS) is 31.9. The van der Waals surface area contributed by atoms with Gasteiger partial charge in [-0.05, 0) is 31.2 Å². The third-order valence-electron chi connectivity index (χ3n) is 9.98. The highest BCUT2D eigenvalue weighted by Gasteiger charge is 2.70. The number of benzene rings is 1. The molecule has 10 atom stereocenters. The van der Waals surface area contributed by atoms with Gasteiger partial charge in [-0.1, -0.05) is 57.7 Å². The molecular formula is C41H49NO14. The summed E-state index contributed by atoms with van der Waals surface area (Å²) in [4.78, 5) is 82.7. The fraction of sp³-hybridized carbons (Fsp3) is 0.488.